The third-order valence-electron chi connectivity index (χ3n) is 4.57. The van der Waals surface area contributed by atoms with Crippen molar-refractivity contribution in [2.75, 3.05) is 29.9 Å². The van der Waals surface area contributed by atoms with Crippen molar-refractivity contribution in [1.82, 2.24) is 5.32 Å². The van der Waals surface area contributed by atoms with E-state index in [4.69, 9.17) is 4.74 Å². The summed E-state index contributed by atoms with van der Waals surface area (Å²) in [6.45, 7) is 4.54. The number of sulfonamides is 1. The third kappa shape index (κ3) is 7.57. The second-order valence-electron chi connectivity index (χ2n) is 7.07. The Kier molecular flexibility index (Phi) is 9.05. The molecule has 0 bridgehead atoms. The monoisotopic (exact) mass is 450 g/mol. The number of carbonyl (C=O) groups excluding carboxylic acids is 1. The van der Waals surface area contributed by atoms with Crippen molar-refractivity contribution in [3.05, 3.63) is 59.7 Å². The van der Waals surface area contributed by atoms with Gasteiger partial charge in [0.05, 0.1) is 11.9 Å². The lowest BCUT2D eigenvalue weighted by Crippen LogP contribution is -2.39. The number of nitrogens with zero attached hydrogens (tertiary/aromatic N) is 1. The fourth-order valence-electron chi connectivity index (χ4n) is 2.65. The molecule has 2 rings (SSSR count). The van der Waals surface area contributed by atoms with E-state index in [9.17, 15) is 13.2 Å². The quantitative estimate of drug-likeness (QED) is 0.530. The van der Waals surface area contributed by atoms with Crippen LogP contribution in [0.4, 0.5) is 5.69 Å². The van der Waals surface area contributed by atoms with Crippen LogP contribution < -0.4 is 14.4 Å². The van der Waals surface area contributed by atoms with Crippen LogP contribution >= 0.6 is 11.8 Å². The van der Waals surface area contributed by atoms with Crippen molar-refractivity contribution in [3.8, 4) is 5.75 Å². The highest BCUT2D eigenvalue weighted by Crippen LogP contribution is 2.21. The Bertz CT molecular complexity index is 913. The molecule has 1 N–H and O–H groups in total. The summed E-state index contributed by atoms with van der Waals surface area (Å²) in [4.78, 5) is 12.4. The largest absolute Gasteiger partial charge is 0.481 e. The Morgan fingerprint density at radius 3 is 2.33 bits per heavy atom. The maximum atomic E-state index is 12.4. The molecule has 0 saturated carbocycles. The molecule has 0 aliphatic heterocycles. The maximum absolute atomic E-state index is 12.4. The molecule has 1 unspecified atom stereocenters. The summed E-state index contributed by atoms with van der Waals surface area (Å²) in [7, 11) is -1.83. The minimum Gasteiger partial charge on any atom is -0.481 e. The highest BCUT2D eigenvalue weighted by molar-refractivity contribution is 7.98. The maximum Gasteiger partial charge on any atom is 0.261 e. The van der Waals surface area contributed by atoms with Crippen LogP contribution in [-0.4, -0.2) is 46.0 Å². The van der Waals surface area contributed by atoms with Gasteiger partial charge >= 0.3 is 0 Å². The van der Waals surface area contributed by atoms with Gasteiger partial charge < -0.3 is 10.1 Å². The predicted octanol–water partition coefficient (Wildman–Crippen LogP) is 3.60. The first kappa shape index (κ1) is 24.1. The molecule has 1 amide bonds. The fourth-order valence-corrected chi connectivity index (χ4v) is 3.97. The first-order valence-electron chi connectivity index (χ1n) is 9.82. The third-order valence-corrected chi connectivity index (χ3v) is 6.81. The van der Waals surface area contributed by atoms with Gasteiger partial charge in [-0.1, -0.05) is 36.8 Å². The number of nitrogens with one attached hydrogen (secondary N) is 1. The number of hydrogen-bond donors (Lipinski definition) is 1. The molecule has 0 fully saturated rings. The van der Waals surface area contributed by atoms with E-state index in [0.29, 0.717) is 24.4 Å². The molecule has 0 aliphatic carbocycles. The number of thioether (sulfide) groups is 1. The highest BCUT2D eigenvalue weighted by Gasteiger charge is 2.18. The molecule has 0 heterocycles. The average molecular weight is 451 g/mol. The molecule has 0 saturated heterocycles. The van der Waals surface area contributed by atoms with E-state index in [0.717, 1.165) is 17.8 Å². The smallest absolute Gasteiger partial charge is 0.261 e. The SMILES string of the molecule is CCC(Oc1ccc(N(C)S(C)(=O)=O)cc1)C(=O)NCCSCc1ccc(C)cc1. The van der Waals surface area contributed by atoms with Crippen molar-refractivity contribution in [3.63, 3.8) is 0 Å². The van der Waals surface area contributed by atoms with Crippen LogP contribution in [0, 0.1) is 6.92 Å². The van der Waals surface area contributed by atoms with Crippen molar-refractivity contribution < 1.29 is 17.9 Å². The summed E-state index contributed by atoms with van der Waals surface area (Å²) in [6, 6.07) is 15.1. The van der Waals surface area contributed by atoms with Gasteiger partial charge in [0, 0.05) is 25.1 Å². The Morgan fingerprint density at radius 1 is 1.13 bits per heavy atom. The molecule has 0 radical (unpaired) electrons. The lowest BCUT2D eigenvalue weighted by molar-refractivity contribution is -0.127. The van der Waals surface area contributed by atoms with Gasteiger partial charge in [-0.3, -0.25) is 9.10 Å². The number of aryl methyl sites for hydroxylation is 1. The zero-order valence-electron chi connectivity index (χ0n) is 17.9. The number of carbonyl (C=O) groups is 1. The van der Waals surface area contributed by atoms with Crippen LogP contribution in [0.25, 0.3) is 0 Å². The summed E-state index contributed by atoms with van der Waals surface area (Å²) < 4.78 is 30.2. The van der Waals surface area contributed by atoms with Gasteiger partial charge in [0.25, 0.3) is 5.91 Å². The van der Waals surface area contributed by atoms with Crippen LogP contribution in [0.1, 0.15) is 24.5 Å². The van der Waals surface area contributed by atoms with Gasteiger partial charge in [-0.05, 0) is 43.2 Å². The molecule has 0 aliphatic rings. The molecule has 1 atom stereocenters. The number of hydrogen-bond acceptors (Lipinski definition) is 5. The first-order valence-corrected chi connectivity index (χ1v) is 12.8. The van der Waals surface area contributed by atoms with Gasteiger partial charge in [0.15, 0.2) is 6.10 Å². The molecule has 30 heavy (non-hydrogen) atoms. The summed E-state index contributed by atoms with van der Waals surface area (Å²) >= 11 is 1.77. The van der Waals surface area contributed by atoms with Gasteiger partial charge in [0.1, 0.15) is 5.75 Å². The van der Waals surface area contributed by atoms with E-state index in [1.54, 1.807) is 36.0 Å². The first-order chi connectivity index (χ1) is 14.2. The Hall–Kier alpha value is -2.19. The fraction of sp³-hybridized carbons (Fsp3) is 0.409. The Labute approximate surface area is 184 Å². The lowest BCUT2D eigenvalue weighted by Gasteiger charge is -2.19. The molecule has 2 aromatic rings. The molecule has 8 heteroatoms. The predicted molar refractivity (Wildman–Crippen MR) is 125 cm³/mol. The number of amides is 1. The zero-order chi connectivity index (χ0) is 22.1. The van der Waals surface area contributed by atoms with Crippen LogP contribution in [0.2, 0.25) is 0 Å². The summed E-state index contributed by atoms with van der Waals surface area (Å²) in [5.74, 6) is 2.11. The Morgan fingerprint density at radius 2 is 1.77 bits per heavy atom. The second-order valence-corrected chi connectivity index (χ2v) is 10.2. The number of anilines is 1. The molecule has 2 aromatic carbocycles. The van der Waals surface area contributed by atoms with Gasteiger partial charge in [-0.25, -0.2) is 8.42 Å². The molecule has 6 nitrogen and oxygen atoms in total. The number of ether oxygens (including phenoxy) is 1. The Balaban J connectivity index is 1.78. The van der Waals surface area contributed by atoms with Gasteiger partial charge in [-0.15, -0.1) is 0 Å². The van der Waals surface area contributed by atoms with Crippen molar-refractivity contribution in [2.45, 2.75) is 32.1 Å². The summed E-state index contributed by atoms with van der Waals surface area (Å²) in [5, 5.41) is 2.93. The topological polar surface area (TPSA) is 75.7 Å². The molecule has 0 spiro atoms. The van der Waals surface area contributed by atoms with E-state index in [-0.39, 0.29) is 5.91 Å². The summed E-state index contributed by atoms with van der Waals surface area (Å²) in [6.07, 6.45) is 1.09. The van der Waals surface area contributed by atoms with Crippen LogP contribution in [0.3, 0.4) is 0 Å². The summed E-state index contributed by atoms with van der Waals surface area (Å²) in [5.41, 5.74) is 3.06. The molecular weight excluding hydrogens is 420 g/mol. The lowest BCUT2D eigenvalue weighted by atomic mass is 10.2. The second kappa shape index (κ2) is 11.3. The van der Waals surface area contributed by atoms with Crippen molar-refractivity contribution in [1.29, 1.82) is 0 Å². The van der Waals surface area contributed by atoms with Crippen molar-refractivity contribution >= 4 is 33.4 Å². The highest BCUT2D eigenvalue weighted by atomic mass is 32.2. The van der Waals surface area contributed by atoms with Gasteiger partial charge in [-0.2, -0.15) is 11.8 Å². The average Bonchev–Trinajstić information content (AvgIpc) is 2.72. The van der Waals surface area contributed by atoms with Crippen LogP contribution in [0.5, 0.6) is 5.75 Å². The molecule has 0 aromatic heterocycles. The van der Waals surface area contributed by atoms with E-state index < -0.39 is 16.1 Å². The van der Waals surface area contributed by atoms with E-state index >= 15 is 0 Å². The van der Waals surface area contributed by atoms with E-state index in [1.165, 1.54) is 22.5 Å². The molecule has 164 valence electrons. The van der Waals surface area contributed by atoms with Gasteiger partial charge in [0.2, 0.25) is 10.0 Å². The minimum absolute atomic E-state index is 0.147. The van der Waals surface area contributed by atoms with Crippen LogP contribution in [-0.2, 0) is 20.6 Å². The minimum atomic E-state index is -3.32. The van der Waals surface area contributed by atoms with Crippen molar-refractivity contribution in [2.24, 2.45) is 0 Å². The zero-order valence-corrected chi connectivity index (χ0v) is 19.6. The van der Waals surface area contributed by atoms with E-state index in [2.05, 4.69) is 36.5 Å². The van der Waals surface area contributed by atoms with Crippen LogP contribution in [0.15, 0.2) is 48.5 Å². The number of benzene rings is 2. The normalized spacial score (nSPS) is 12.3. The van der Waals surface area contributed by atoms with E-state index in [1.807, 2.05) is 6.92 Å². The number of rotatable bonds is 11. The standard InChI is InChI=1S/C22H30N2O4S2/c1-5-21(28-20-12-10-19(11-13-20)24(3)30(4,26)27)22(25)23-14-15-29-16-18-8-6-17(2)7-9-18/h6-13,21H,5,14-16H2,1-4H3,(H,23,25). The molecular formula is C22H30N2O4S2.